The summed E-state index contributed by atoms with van der Waals surface area (Å²) in [5.41, 5.74) is -0.703. The quantitative estimate of drug-likeness (QED) is 0.785. The minimum Gasteiger partial charge on any atom is -0.417 e. The van der Waals surface area contributed by atoms with E-state index in [0.717, 1.165) is 23.7 Å². The van der Waals surface area contributed by atoms with E-state index in [1.54, 1.807) is 6.92 Å². The molecule has 0 atom stereocenters. The van der Waals surface area contributed by atoms with Crippen molar-refractivity contribution in [2.24, 2.45) is 0 Å². The number of amides is 1. The van der Waals surface area contributed by atoms with Crippen molar-refractivity contribution in [3.63, 3.8) is 0 Å². The highest BCUT2D eigenvalue weighted by molar-refractivity contribution is 7.09. The van der Waals surface area contributed by atoms with Crippen molar-refractivity contribution in [2.75, 3.05) is 5.32 Å². The van der Waals surface area contributed by atoms with Gasteiger partial charge in [0.05, 0.1) is 5.39 Å². The summed E-state index contributed by atoms with van der Waals surface area (Å²) >= 11 is 1.01. The molecule has 6 nitrogen and oxygen atoms in total. The van der Waals surface area contributed by atoms with Crippen LogP contribution in [0.5, 0.6) is 0 Å². The van der Waals surface area contributed by atoms with Gasteiger partial charge in [0, 0.05) is 11.5 Å². The first-order valence-electron chi connectivity index (χ1n) is 5.88. The Labute approximate surface area is 121 Å². The van der Waals surface area contributed by atoms with Crippen molar-refractivity contribution in [2.45, 2.75) is 6.92 Å². The van der Waals surface area contributed by atoms with E-state index in [1.807, 2.05) is 0 Å². The number of anilines is 1. The normalized spacial score (nSPS) is 10.8. The molecule has 1 amide bonds. The van der Waals surface area contributed by atoms with Crippen molar-refractivity contribution in [3.8, 4) is 0 Å². The largest absolute Gasteiger partial charge is 0.417 e. The second-order valence-corrected chi connectivity index (χ2v) is 4.98. The predicted molar refractivity (Wildman–Crippen MR) is 75.0 cm³/mol. The van der Waals surface area contributed by atoms with Gasteiger partial charge in [0.1, 0.15) is 11.6 Å². The molecule has 0 saturated heterocycles. The summed E-state index contributed by atoms with van der Waals surface area (Å²) in [7, 11) is 0. The van der Waals surface area contributed by atoms with Crippen LogP contribution < -0.4 is 10.9 Å². The Bertz CT molecular complexity index is 903. The molecule has 2 heterocycles. The third-order valence-electron chi connectivity index (χ3n) is 2.69. The fourth-order valence-electron chi connectivity index (χ4n) is 1.78. The lowest BCUT2D eigenvalue weighted by Gasteiger charge is -2.02. The SMILES string of the molecule is Cc1nsc(NC(=O)c2cc3cc(F)ccc3c(=O)o2)n1. The number of hydrogen-bond acceptors (Lipinski definition) is 6. The Balaban J connectivity index is 2.00. The van der Waals surface area contributed by atoms with Crippen LogP contribution in [0.25, 0.3) is 10.8 Å². The van der Waals surface area contributed by atoms with E-state index in [1.165, 1.54) is 12.1 Å². The highest BCUT2D eigenvalue weighted by Crippen LogP contribution is 2.16. The molecule has 0 bridgehead atoms. The third-order valence-corrected chi connectivity index (χ3v) is 3.42. The average Bonchev–Trinajstić information content (AvgIpc) is 2.83. The third kappa shape index (κ3) is 2.65. The summed E-state index contributed by atoms with van der Waals surface area (Å²) in [6, 6.07) is 4.94. The topological polar surface area (TPSA) is 85.1 Å². The molecular weight excluding hydrogens is 297 g/mol. The van der Waals surface area contributed by atoms with Gasteiger partial charge in [0.25, 0.3) is 5.91 Å². The molecule has 0 fully saturated rings. The first-order chi connectivity index (χ1) is 10.0. The highest BCUT2D eigenvalue weighted by atomic mass is 32.1. The van der Waals surface area contributed by atoms with Crippen molar-refractivity contribution in [3.05, 3.63) is 52.1 Å². The molecule has 106 valence electrons. The van der Waals surface area contributed by atoms with Gasteiger partial charge in [-0.1, -0.05) is 0 Å². The van der Waals surface area contributed by atoms with Gasteiger partial charge in [0.15, 0.2) is 5.76 Å². The minimum atomic E-state index is -0.703. The molecular formula is C13H8FN3O3S. The van der Waals surface area contributed by atoms with E-state index >= 15 is 0 Å². The van der Waals surface area contributed by atoms with Crippen molar-refractivity contribution >= 4 is 33.3 Å². The van der Waals surface area contributed by atoms with Crippen LogP contribution in [0.2, 0.25) is 0 Å². The molecule has 3 aromatic rings. The number of rotatable bonds is 2. The maximum Gasteiger partial charge on any atom is 0.344 e. The fourth-order valence-corrected chi connectivity index (χ4v) is 2.35. The van der Waals surface area contributed by atoms with E-state index in [4.69, 9.17) is 4.42 Å². The van der Waals surface area contributed by atoms with Crippen LogP contribution in [0.1, 0.15) is 16.4 Å². The molecule has 1 N–H and O–H groups in total. The molecule has 0 aliphatic carbocycles. The van der Waals surface area contributed by atoms with Gasteiger partial charge >= 0.3 is 5.63 Å². The van der Waals surface area contributed by atoms with Crippen LogP contribution in [0, 0.1) is 12.7 Å². The van der Waals surface area contributed by atoms with Crippen LogP contribution in [-0.2, 0) is 0 Å². The van der Waals surface area contributed by atoms with Crippen molar-refractivity contribution in [1.29, 1.82) is 0 Å². The molecule has 21 heavy (non-hydrogen) atoms. The van der Waals surface area contributed by atoms with Crippen LogP contribution in [0.15, 0.2) is 33.5 Å². The number of nitrogens with zero attached hydrogens (tertiary/aromatic N) is 2. The average molecular weight is 305 g/mol. The number of nitrogens with one attached hydrogen (secondary N) is 1. The molecule has 0 saturated carbocycles. The van der Waals surface area contributed by atoms with E-state index < -0.39 is 17.3 Å². The van der Waals surface area contributed by atoms with Gasteiger partial charge in [-0.05, 0) is 36.6 Å². The second kappa shape index (κ2) is 5.06. The zero-order valence-corrected chi connectivity index (χ0v) is 11.5. The summed E-state index contributed by atoms with van der Waals surface area (Å²) in [6.45, 7) is 1.69. The molecule has 0 aliphatic heterocycles. The number of aryl methyl sites for hydroxylation is 1. The summed E-state index contributed by atoms with van der Waals surface area (Å²) in [5.74, 6) is -0.836. The van der Waals surface area contributed by atoms with Crippen LogP contribution in [0.4, 0.5) is 9.52 Å². The smallest absolute Gasteiger partial charge is 0.344 e. The van der Waals surface area contributed by atoms with Crippen LogP contribution >= 0.6 is 11.5 Å². The lowest BCUT2D eigenvalue weighted by Crippen LogP contribution is -2.14. The Kier molecular flexibility index (Phi) is 3.22. The summed E-state index contributed by atoms with van der Waals surface area (Å²) < 4.78 is 22.1. The molecule has 1 aromatic carbocycles. The molecule has 0 aliphatic rings. The lowest BCUT2D eigenvalue weighted by molar-refractivity contribution is 0.0993. The number of benzene rings is 1. The van der Waals surface area contributed by atoms with Gasteiger partial charge in [0.2, 0.25) is 5.13 Å². The van der Waals surface area contributed by atoms with E-state index in [0.29, 0.717) is 16.3 Å². The van der Waals surface area contributed by atoms with Gasteiger partial charge < -0.3 is 4.42 Å². The molecule has 0 spiro atoms. The Hall–Kier alpha value is -2.61. The van der Waals surface area contributed by atoms with Gasteiger partial charge in [-0.25, -0.2) is 14.2 Å². The van der Waals surface area contributed by atoms with E-state index in [-0.39, 0.29) is 11.1 Å². The number of aromatic nitrogens is 2. The Morgan fingerprint density at radius 1 is 1.38 bits per heavy atom. The van der Waals surface area contributed by atoms with Gasteiger partial charge in [-0.3, -0.25) is 10.1 Å². The number of fused-ring (bicyclic) bond motifs is 1. The Morgan fingerprint density at radius 2 is 2.19 bits per heavy atom. The molecule has 0 unspecified atom stereocenters. The molecule has 3 rings (SSSR count). The molecule has 8 heteroatoms. The minimum absolute atomic E-state index is 0.208. The number of halogens is 1. The number of hydrogen-bond donors (Lipinski definition) is 1. The molecule has 0 radical (unpaired) electrons. The summed E-state index contributed by atoms with van der Waals surface area (Å²) in [6.07, 6.45) is 0. The van der Waals surface area contributed by atoms with E-state index in [2.05, 4.69) is 14.7 Å². The van der Waals surface area contributed by atoms with Crippen LogP contribution in [-0.4, -0.2) is 15.3 Å². The standard InChI is InChI=1S/C13H8FN3O3S/c1-6-15-13(21-17-6)16-11(18)10-5-7-4-8(14)2-3-9(7)12(19)20-10/h2-5H,1H3,(H,15,16,17,18). The number of carbonyl (C=O) groups excluding carboxylic acids is 1. The lowest BCUT2D eigenvalue weighted by atomic mass is 10.1. The second-order valence-electron chi connectivity index (χ2n) is 4.23. The highest BCUT2D eigenvalue weighted by Gasteiger charge is 2.14. The van der Waals surface area contributed by atoms with Crippen LogP contribution in [0.3, 0.4) is 0 Å². The zero-order chi connectivity index (χ0) is 15.0. The first-order valence-corrected chi connectivity index (χ1v) is 6.65. The predicted octanol–water partition coefficient (Wildman–Crippen LogP) is 2.34. The van der Waals surface area contributed by atoms with Crippen molar-refractivity contribution in [1.82, 2.24) is 9.36 Å². The number of carbonyl (C=O) groups is 1. The maximum absolute atomic E-state index is 13.2. The summed E-state index contributed by atoms with van der Waals surface area (Å²) in [5, 5.41) is 3.26. The maximum atomic E-state index is 13.2. The first kappa shape index (κ1) is 13.4. The zero-order valence-electron chi connectivity index (χ0n) is 10.7. The molecule has 2 aromatic heterocycles. The Morgan fingerprint density at radius 3 is 2.90 bits per heavy atom. The van der Waals surface area contributed by atoms with Gasteiger partial charge in [-0.15, -0.1) is 0 Å². The fraction of sp³-hybridized carbons (Fsp3) is 0.0769. The van der Waals surface area contributed by atoms with Gasteiger partial charge in [-0.2, -0.15) is 4.37 Å². The van der Waals surface area contributed by atoms with Crippen molar-refractivity contribution < 1.29 is 13.6 Å². The summed E-state index contributed by atoms with van der Waals surface area (Å²) in [4.78, 5) is 27.8. The monoisotopic (exact) mass is 305 g/mol. The van der Waals surface area contributed by atoms with E-state index in [9.17, 15) is 14.0 Å².